The smallest absolute Gasteiger partial charge is 0.320 e. The second kappa shape index (κ2) is 6.39. The molecule has 0 saturated carbocycles. The van der Waals surface area contributed by atoms with E-state index in [0.29, 0.717) is 13.2 Å². The van der Waals surface area contributed by atoms with Gasteiger partial charge in [0.15, 0.2) is 0 Å². The van der Waals surface area contributed by atoms with Gasteiger partial charge in [-0.3, -0.25) is 9.69 Å². The van der Waals surface area contributed by atoms with Crippen LogP contribution in [0.5, 0.6) is 0 Å². The molecule has 0 radical (unpaired) electrons. The number of esters is 1. The van der Waals surface area contributed by atoms with E-state index in [2.05, 4.69) is 5.16 Å². The van der Waals surface area contributed by atoms with E-state index in [-0.39, 0.29) is 18.6 Å². The van der Waals surface area contributed by atoms with Gasteiger partial charge in [-0.2, -0.15) is 0 Å². The molecule has 0 spiro atoms. The van der Waals surface area contributed by atoms with Gasteiger partial charge in [-0.05, 0) is 27.7 Å². The Kier molecular flexibility index (Phi) is 5.15. The number of aryl methyl sites for hydroxylation is 1. The molecule has 5 heteroatoms. The lowest BCUT2D eigenvalue weighted by atomic mass is 10.2. The van der Waals surface area contributed by atoms with Gasteiger partial charge in [-0.15, -0.1) is 0 Å². The molecule has 96 valence electrons. The van der Waals surface area contributed by atoms with Crippen molar-refractivity contribution in [2.75, 3.05) is 13.2 Å². The topological polar surface area (TPSA) is 55.6 Å². The average Bonchev–Trinajstić information content (AvgIpc) is 2.63. The maximum Gasteiger partial charge on any atom is 0.320 e. The first-order chi connectivity index (χ1) is 8.02. The van der Waals surface area contributed by atoms with E-state index in [1.807, 2.05) is 31.7 Å². The second-order valence-electron chi connectivity index (χ2n) is 4.23. The van der Waals surface area contributed by atoms with Gasteiger partial charge < -0.3 is 9.26 Å². The number of carbonyl (C=O) groups excluding carboxylic acids is 1. The number of rotatable bonds is 6. The fraction of sp³-hybridized carbons (Fsp3) is 0.667. The van der Waals surface area contributed by atoms with Crippen molar-refractivity contribution >= 4 is 5.97 Å². The summed E-state index contributed by atoms with van der Waals surface area (Å²) in [5.41, 5.74) is 0.834. The number of hydrogen-bond acceptors (Lipinski definition) is 5. The monoisotopic (exact) mass is 240 g/mol. The highest BCUT2D eigenvalue weighted by molar-refractivity contribution is 5.71. The molecule has 17 heavy (non-hydrogen) atoms. The fourth-order valence-electron chi connectivity index (χ4n) is 1.49. The molecule has 1 aromatic rings. The largest absolute Gasteiger partial charge is 0.465 e. The fourth-order valence-corrected chi connectivity index (χ4v) is 1.49. The zero-order valence-electron chi connectivity index (χ0n) is 10.9. The molecule has 0 saturated heterocycles. The highest BCUT2D eigenvalue weighted by Crippen LogP contribution is 2.08. The zero-order valence-corrected chi connectivity index (χ0v) is 10.9. The van der Waals surface area contributed by atoms with Crippen LogP contribution in [0.2, 0.25) is 0 Å². The minimum absolute atomic E-state index is 0.207. The minimum Gasteiger partial charge on any atom is -0.465 e. The molecular weight excluding hydrogens is 220 g/mol. The molecule has 0 amide bonds. The number of ether oxygens (including phenoxy) is 1. The Morgan fingerprint density at radius 1 is 1.59 bits per heavy atom. The molecule has 0 aliphatic carbocycles. The van der Waals surface area contributed by atoms with E-state index >= 15 is 0 Å². The average molecular weight is 240 g/mol. The number of carbonyl (C=O) groups is 1. The Balaban J connectivity index is 2.57. The summed E-state index contributed by atoms with van der Waals surface area (Å²) in [4.78, 5) is 13.4. The van der Waals surface area contributed by atoms with Gasteiger partial charge in [0.05, 0.1) is 18.8 Å². The summed E-state index contributed by atoms with van der Waals surface area (Å²) in [6.45, 7) is 9.00. The van der Waals surface area contributed by atoms with Crippen molar-refractivity contribution in [1.29, 1.82) is 0 Å². The van der Waals surface area contributed by atoms with Gasteiger partial charge in [0.1, 0.15) is 5.76 Å². The quantitative estimate of drug-likeness (QED) is 0.709. The molecule has 1 heterocycles. The molecule has 1 rings (SSSR count). The van der Waals surface area contributed by atoms with Crippen molar-refractivity contribution in [2.24, 2.45) is 0 Å². The van der Waals surface area contributed by atoms with Crippen molar-refractivity contribution in [3.05, 3.63) is 17.5 Å². The normalized spacial score (nSPS) is 11.2. The molecular formula is C12H20N2O3. The third-order valence-corrected chi connectivity index (χ3v) is 2.41. The maximum absolute atomic E-state index is 11.4. The highest BCUT2D eigenvalue weighted by atomic mass is 16.5. The summed E-state index contributed by atoms with van der Waals surface area (Å²) in [5.74, 6) is 0.571. The van der Waals surface area contributed by atoms with E-state index in [1.165, 1.54) is 0 Å². The first-order valence-electron chi connectivity index (χ1n) is 5.84. The van der Waals surface area contributed by atoms with E-state index < -0.39 is 0 Å². The maximum atomic E-state index is 11.4. The summed E-state index contributed by atoms with van der Waals surface area (Å²) in [6, 6.07) is 2.12. The molecule has 5 nitrogen and oxygen atoms in total. The predicted molar refractivity (Wildman–Crippen MR) is 63.4 cm³/mol. The van der Waals surface area contributed by atoms with Crippen molar-refractivity contribution in [1.82, 2.24) is 10.1 Å². The minimum atomic E-state index is -0.207. The van der Waals surface area contributed by atoms with Crippen LogP contribution in [0.1, 0.15) is 32.2 Å². The number of hydrogen-bond donors (Lipinski definition) is 0. The molecule has 0 aromatic carbocycles. The zero-order chi connectivity index (χ0) is 12.8. The van der Waals surface area contributed by atoms with Crippen LogP contribution in [-0.2, 0) is 16.1 Å². The van der Waals surface area contributed by atoms with Crippen molar-refractivity contribution in [3.63, 3.8) is 0 Å². The predicted octanol–water partition coefficient (Wildman–Crippen LogP) is 1.76. The Bertz CT molecular complexity index is 360. The Morgan fingerprint density at radius 2 is 2.29 bits per heavy atom. The summed E-state index contributed by atoms with van der Waals surface area (Å²) < 4.78 is 9.95. The second-order valence-corrected chi connectivity index (χ2v) is 4.23. The van der Waals surface area contributed by atoms with Crippen molar-refractivity contribution in [3.8, 4) is 0 Å². The van der Waals surface area contributed by atoms with Gasteiger partial charge in [-0.1, -0.05) is 5.16 Å². The summed E-state index contributed by atoms with van der Waals surface area (Å²) in [5, 5.41) is 3.92. The number of aromatic nitrogens is 1. The molecule has 0 aliphatic rings. The van der Waals surface area contributed by atoms with Gasteiger partial charge in [0.25, 0.3) is 0 Å². The molecule has 0 bridgehead atoms. The lowest BCUT2D eigenvalue weighted by Gasteiger charge is -2.23. The lowest BCUT2D eigenvalue weighted by Crippen LogP contribution is -2.36. The molecule has 0 unspecified atom stereocenters. The van der Waals surface area contributed by atoms with Crippen LogP contribution >= 0.6 is 0 Å². The summed E-state index contributed by atoms with van der Waals surface area (Å²) in [6.07, 6.45) is 0. The SMILES string of the molecule is CCOC(=O)CN(Cc1cc(C)on1)C(C)C. The van der Waals surface area contributed by atoms with Crippen LogP contribution in [0.3, 0.4) is 0 Å². The van der Waals surface area contributed by atoms with Crippen molar-refractivity contribution < 1.29 is 14.1 Å². The van der Waals surface area contributed by atoms with E-state index in [1.54, 1.807) is 6.92 Å². The third kappa shape index (κ3) is 4.56. The molecule has 0 atom stereocenters. The number of nitrogens with zero attached hydrogens (tertiary/aromatic N) is 2. The highest BCUT2D eigenvalue weighted by Gasteiger charge is 2.16. The van der Waals surface area contributed by atoms with E-state index in [4.69, 9.17) is 9.26 Å². The van der Waals surface area contributed by atoms with Crippen molar-refractivity contribution in [2.45, 2.75) is 40.3 Å². The van der Waals surface area contributed by atoms with Crippen LogP contribution in [0.25, 0.3) is 0 Å². The van der Waals surface area contributed by atoms with Gasteiger partial charge >= 0.3 is 5.97 Å². The Morgan fingerprint density at radius 3 is 2.76 bits per heavy atom. The first kappa shape index (κ1) is 13.7. The van der Waals surface area contributed by atoms with Gasteiger partial charge in [0, 0.05) is 18.7 Å². The van der Waals surface area contributed by atoms with Crippen LogP contribution in [0.4, 0.5) is 0 Å². The molecule has 0 fully saturated rings. The Labute approximate surface area is 102 Å². The van der Waals surface area contributed by atoms with Crippen LogP contribution in [-0.4, -0.2) is 35.2 Å². The first-order valence-corrected chi connectivity index (χ1v) is 5.84. The third-order valence-electron chi connectivity index (χ3n) is 2.41. The summed E-state index contributed by atoms with van der Waals surface area (Å²) >= 11 is 0. The Hall–Kier alpha value is -1.36. The van der Waals surface area contributed by atoms with Crippen LogP contribution < -0.4 is 0 Å². The molecule has 0 N–H and O–H groups in total. The van der Waals surface area contributed by atoms with Crippen LogP contribution in [0.15, 0.2) is 10.6 Å². The molecule has 0 aliphatic heterocycles. The van der Waals surface area contributed by atoms with Crippen LogP contribution in [0, 0.1) is 6.92 Å². The van der Waals surface area contributed by atoms with Gasteiger partial charge in [0.2, 0.25) is 0 Å². The molecule has 1 aromatic heterocycles. The van der Waals surface area contributed by atoms with E-state index in [0.717, 1.165) is 11.5 Å². The lowest BCUT2D eigenvalue weighted by molar-refractivity contribution is -0.145. The standard InChI is InChI=1S/C12H20N2O3/c1-5-16-12(15)8-14(9(2)3)7-11-6-10(4)17-13-11/h6,9H,5,7-8H2,1-4H3. The van der Waals surface area contributed by atoms with E-state index in [9.17, 15) is 4.79 Å². The van der Waals surface area contributed by atoms with Gasteiger partial charge in [-0.25, -0.2) is 0 Å². The summed E-state index contributed by atoms with van der Waals surface area (Å²) in [7, 11) is 0.